The maximum atomic E-state index is 12.8. The average Bonchev–Trinajstić information content (AvgIpc) is 3.26. The van der Waals surface area contributed by atoms with Gasteiger partial charge in [0.1, 0.15) is 6.04 Å². The highest BCUT2D eigenvalue weighted by molar-refractivity contribution is 7.12. The van der Waals surface area contributed by atoms with Crippen molar-refractivity contribution in [3.05, 3.63) is 58.3 Å². The summed E-state index contributed by atoms with van der Waals surface area (Å²) in [5, 5.41) is 1.89. The molecule has 4 nitrogen and oxygen atoms in total. The first-order chi connectivity index (χ1) is 11.2. The largest absolute Gasteiger partial charge is 0.340 e. The molecule has 1 aromatic heterocycles. The fraction of sp³-hybridized carbons (Fsp3) is 0.333. The van der Waals surface area contributed by atoms with Crippen LogP contribution in [0.25, 0.3) is 0 Å². The van der Waals surface area contributed by atoms with Crippen molar-refractivity contribution in [1.82, 2.24) is 9.80 Å². The molecule has 23 heavy (non-hydrogen) atoms. The summed E-state index contributed by atoms with van der Waals surface area (Å²) in [6, 6.07) is 13.3. The van der Waals surface area contributed by atoms with E-state index in [1.54, 1.807) is 16.8 Å². The normalized spacial score (nSPS) is 17.3. The number of likely N-dealkylation sites (N-methyl/N-ethyl adjacent to an activating group) is 1. The van der Waals surface area contributed by atoms with Crippen LogP contribution in [0.1, 0.15) is 28.1 Å². The van der Waals surface area contributed by atoms with Crippen LogP contribution in [-0.2, 0) is 11.3 Å². The lowest BCUT2D eigenvalue weighted by molar-refractivity contribution is -0.134. The Balaban J connectivity index is 1.69. The van der Waals surface area contributed by atoms with Crippen molar-refractivity contribution >= 4 is 23.2 Å². The van der Waals surface area contributed by atoms with Gasteiger partial charge in [-0.1, -0.05) is 36.4 Å². The van der Waals surface area contributed by atoms with Gasteiger partial charge in [-0.05, 0) is 29.9 Å². The van der Waals surface area contributed by atoms with Gasteiger partial charge in [0.25, 0.3) is 5.91 Å². The molecule has 1 aliphatic heterocycles. The van der Waals surface area contributed by atoms with Gasteiger partial charge >= 0.3 is 0 Å². The molecule has 1 saturated heterocycles. The second kappa shape index (κ2) is 6.96. The number of hydrogen-bond donors (Lipinski definition) is 0. The zero-order chi connectivity index (χ0) is 16.2. The van der Waals surface area contributed by atoms with Crippen LogP contribution in [0.5, 0.6) is 0 Å². The SMILES string of the molecule is CN(Cc1ccccc1)C(=O)C1CCCN1C(=O)c1cccs1. The quantitative estimate of drug-likeness (QED) is 0.865. The standard InChI is InChI=1S/C18H20N2O2S/c1-19(13-14-7-3-2-4-8-14)17(21)15-9-5-11-20(15)18(22)16-10-6-12-23-16/h2-4,6-8,10,12,15H,5,9,11,13H2,1H3. The molecule has 3 rings (SSSR count). The molecule has 2 amide bonds. The van der Waals surface area contributed by atoms with Crippen molar-refractivity contribution in [3.8, 4) is 0 Å². The fourth-order valence-corrected chi connectivity index (χ4v) is 3.68. The number of hydrogen-bond acceptors (Lipinski definition) is 3. The number of carbonyl (C=O) groups excluding carboxylic acids is 2. The third kappa shape index (κ3) is 3.45. The van der Waals surface area contributed by atoms with Gasteiger partial charge in [0, 0.05) is 20.1 Å². The van der Waals surface area contributed by atoms with Gasteiger partial charge < -0.3 is 9.80 Å². The van der Waals surface area contributed by atoms with E-state index in [1.807, 2.05) is 47.8 Å². The molecular formula is C18H20N2O2S. The van der Waals surface area contributed by atoms with E-state index in [4.69, 9.17) is 0 Å². The lowest BCUT2D eigenvalue weighted by Crippen LogP contribution is -2.46. The first kappa shape index (κ1) is 15.7. The van der Waals surface area contributed by atoms with Crippen molar-refractivity contribution in [2.75, 3.05) is 13.6 Å². The van der Waals surface area contributed by atoms with E-state index < -0.39 is 0 Å². The molecule has 0 saturated carbocycles. The second-order valence-corrected chi connectivity index (χ2v) is 6.76. The van der Waals surface area contributed by atoms with Crippen LogP contribution in [0.3, 0.4) is 0 Å². The Morgan fingerprint density at radius 1 is 1.22 bits per heavy atom. The Morgan fingerprint density at radius 3 is 2.70 bits per heavy atom. The monoisotopic (exact) mass is 328 g/mol. The first-order valence-corrected chi connectivity index (χ1v) is 8.68. The molecule has 1 atom stereocenters. The lowest BCUT2D eigenvalue weighted by Gasteiger charge is -2.28. The summed E-state index contributed by atoms with van der Waals surface area (Å²) in [5.74, 6) is 0.000204. The van der Waals surface area contributed by atoms with Crippen molar-refractivity contribution in [2.24, 2.45) is 0 Å². The van der Waals surface area contributed by atoms with E-state index in [1.165, 1.54) is 11.3 Å². The summed E-state index contributed by atoms with van der Waals surface area (Å²) in [5.41, 5.74) is 1.09. The molecule has 1 fully saturated rings. The minimum absolute atomic E-state index is 0.0241. The molecule has 1 aliphatic rings. The molecule has 0 bridgehead atoms. The van der Waals surface area contributed by atoms with Crippen molar-refractivity contribution in [2.45, 2.75) is 25.4 Å². The number of likely N-dealkylation sites (tertiary alicyclic amines) is 1. The van der Waals surface area contributed by atoms with E-state index in [9.17, 15) is 9.59 Å². The molecule has 0 radical (unpaired) electrons. The Labute approximate surface area is 140 Å². The van der Waals surface area contributed by atoms with Crippen molar-refractivity contribution in [1.29, 1.82) is 0 Å². The summed E-state index contributed by atoms with van der Waals surface area (Å²) >= 11 is 1.43. The Kier molecular flexibility index (Phi) is 4.76. The van der Waals surface area contributed by atoms with Gasteiger partial charge in [0.2, 0.25) is 5.91 Å². The van der Waals surface area contributed by atoms with Gasteiger partial charge in [-0.3, -0.25) is 9.59 Å². The number of thiophene rings is 1. The highest BCUT2D eigenvalue weighted by Gasteiger charge is 2.36. The third-order valence-electron chi connectivity index (χ3n) is 4.17. The van der Waals surface area contributed by atoms with Crippen LogP contribution < -0.4 is 0 Å². The van der Waals surface area contributed by atoms with E-state index in [0.29, 0.717) is 18.0 Å². The number of nitrogens with zero attached hydrogens (tertiary/aromatic N) is 2. The Morgan fingerprint density at radius 2 is 2.00 bits per heavy atom. The zero-order valence-electron chi connectivity index (χ0n) is 13.1. The third-order valence-corrected chi connectivity index (χ3v) is 5.03. The van der Waals surface area contributed by atoms with Gasteiger partial charge in [0.15, 0.2) is 0 Å². The molecule has 0 spiro atoms. The second-order valence-electron chi connectivity index (χ2n) is 5.81. The van der Waals surface area contributed by atoms with E-state index in [0.717, 1.165) is 18.4 Å². The molecule has 120 valence electrons. The molecule has 0 N–H and O–H groups in total. The van der Waals surface area contributed by atoms with Gasteiger partial charge in [-0.2, -0.15) is 0 Å². The summed E-state index contributed by atoms with van der Waals surface area (Å²) < 4.78 is 0. The van der Waals surface area contributed by atoms with E-state index in [-0.39, 0.29) is 17.9 Å². The van der Waals surface area contributed by atoms with E-state index >= 15 is 0 Å². The molecule has 0 aliphatic carbocycles. The summed E-state index contributed by atoms with van der Waals surface area (Å²) in [6.07, 6.45) is 1.63. The summed E-state index contributed by atoms with van der Waals surface area (Å²) in [6.45, 7) is 1.23. The molecule has 1 aromatic carbocycles. The van der Waals surface area contributed by atoms with Crippen LogP contribution >= 0.6 is 11.3 Å². The van der Waals surface area contributed by atoms with Crippen LogP contribution in [-0.4, -0.2) is 41.2 Å². The molecule has 2 aromatic rings. The molecule has 2 heterocycles. The zero-order valence-corrected chi connectivity index (χ0v) is 14.0. The predicted molar refractivity (Wildman–Crippen MR) is 91.3 cm³/mol. The summed E-state index contributed by atoms with van der Waals surface area (Å²) in [7, 11) is 1.81. The predicted octanol–water partition coefficient (Wildman–Crippen LogP) is 3.01. The van der Waals surface area contributed by atoms with Gasteiger partial charge in [-0.25, -0.2) is 0 Å². The minimum atomic E-state index is -0.335. The Bertz CT molecular complexity index is 670. The fourth-order valence-electron chi connectivity index (χ4n) is 3.00. The average molecular weight is 328 g/mol. The highest BCUT2D eigenvalue weighted by Crippen LogP contribution is 2.23. The maximum Gasteiger partial charge on any atom is 0.264 e. The van der Waals surface area contributed by atoms with Crippen molar-refractivity contribution in [3.63, 3.8) is 0 Å². The maximum absolute atomic E-state index is 12.8. The first-order valence-electron chi connectivity index (χ1n) is 7.80. The molecule has 5 heteroatoms. The lowest BCUT2D eigenvalue weighted by atomic mass is 10.1. The Hall–Kier alpha value is -2.14. The summed E-state index contributed by atoms with van der Waals surface area (Å²) in [4.78, 5) is 29.5. The van der Waals surface area contributed by atoms with Crippen LogP contribution in [0.4, 0.5) is 0 Å². The topological polar surface area (TPSA) is 40.6 Å². The number of carbonyl (C=O) groups is 2. The smallest absolute Gasteiger partial charge is 0.264 e. The van der Waals surface area contributed by atoms with Crippen LogP contribution in [0.2, 0.25) is 0 Å². The van der Waals surface area contributed by atoms with E-state index in [2.05, 4.69) is 0 Å². The number of benzene rings is 1. The number of amides is 2. The van der Waals surface area contributed by atoms with Crippen LogP contribution in [0.15, 0.2) is 47.8 Å². The highest BCUT2D eigenvalue weighted by atomic mass is 32.1. The van der Waals surface area contributed by atoms with Crippen LogP contribution in [0, 0.1) is 0 Å². The van der Waals surface area contributed by atoms with Gasteiger partial charge in [0.05, 0.1) is 4.88 Å². The molecular weight excluding hydrogens is 308 g/mol. The minimum Gasteiger partial charge on any atom is -0.340 e. The number of rotatable bonds is 4. The van der Waals surface area contributed by atoms with Crippen molar-refractivity contribution < 1.29 is 9.59 Å². The van der Waals surface area contributed by atoms with Gasteiger partial charge in [-0.15, -0.1) is 11.3 Å². The molecule has 1 unspecified atom stereocenters.